The normalized spacial score (nSPS) is 26.1. The van der Waals surface area contributed by atoms with Crippen molar-refractivity contribution in [3.63, 3.8) is 0 Å². The zero-order valence-corrected chi connectivity index (χ0v) is 14.5. The van der Waals surface area contributed by atoms with Crippen molar-refractivity contribution in [1.82, 2.24) is 0 Å². The first kappa shape index (κ1) is 15.7. The molecule has 1 heterocycles. The molecule has 126 valence electrons. The first-order chi connectivity index (χ1) is 11.5. The molecule has 1 aliphatic carbocycles. The Balaban J connectivity index is 1.79. The monoisotopic (exact) mass is 342 g/mol. The standard InChI is InChI=1S/C19H22N2O2S/c1-21-18-9-7-13(20)11-16(18)17-12-15(8-10-19(17)21)24(22,23)14-5-3-2-4-6-14/h2-6,8,10,12-13,16,18H,7,9,11,20H2,1H3. The number of rotatable bonds is 2. The van der Waals surface area contributed by atoms with Gasteiger partial charge in [-0.25, -0.2) is 8.42 Å². The van der Waals surface area contributed by atoms with Crippen molar-refractivity contribution in [2.45, 2.75) is 47.1 Å². The van der Waals surface area contributed by atoms with E-state index in [9.17, 15) is 8.42 Å². The predicted octanol–water partition coefficient (Wildman–Crippen LogP) is 2.93. The molecule has 1 saturated carbocycles. The Kier molecular flexibility index (Phi) is 3.66. The van der Waals surface area contributed by atoms with Gasteiger partial charge in [0, 0.05) is 30.7 Å². The maximum absolute atomic E-state index is 12.9. The van der Waals surface area contributed by atoms with E-state index < -0.39 is 9.84 Å². The SMILES string of the molecule is CN1c2ccc(S(=O)(=O)c3ccccc3)cc2C2CC(N)CCC21. The van der Waals surface area contributed by atoms with E-state index in [1.54, 1.807) is 30.3 Å². The van der Waals surface area contributed by atoms with Crippen molar-refractivity contribution in [2.75, 3.05) is 11.9 Å². The Morgan fingerprint density at radius 1 is 1.04 bits per heavy atom. The number of nitrogens with two attached hydrogens (primary N) is 1. The van der Waals surface area contributed by atoms with Crippen molar-refractivity contribution in [3.05, 3.63) is 54.1 Å². The zero-order chi connectivity index (χ0) is 16.9. The van der Waals surface area contributed by atoms with E-state index in [2.05, 4.69) is 11.9 Å². The molecule has 0 aromatic heterocycles. The van der Waals surface area contributed by atoms with Gasteiger partial charge in [-0.2, -0.15) is 0 Å². The lowest BCUT2D eigenvalue weighted by Crippen LogP contribution is -2.39. The van der Waals surface area contributed by atoms with Crippen LogP contribution in [0.2, 0.25) is 0 Å². The Morgan fingerprint density at radius 3 is 2.54 bits per heavy atom. The van der Waals surface area contributed by atoms with Gasteiger partial charge < -0.3 is 10.6 Å². The van der Waals surface area contributed by atoms with Gasteiger partial charge in [0.1, 0.15) is 0 Å². The van der Waals surface area contributed by atoms with Crippen molar-refractivity contribution in [2.24, 2.45) is 5.73 Å². The van der Waals surface area contributed by atoms with E-state index >= 15 is 0 Å². The average Bonchev–Trinajstić information content (AvgIpc) is 2.87. The summed E-state index contributed by atoms with van der Waals surface area (Å²) >= 11 is 0. The molecule has 2 aliphatic rings. The van der Waals surface area contributed by atoms with Crippen LogP contribution < -0.4 is 10.6 Å². The third kappa shape index (κ3) is 2.34. The van der Waals surface area contributed by atoms with Gasteiger partial charge in [-0.1, -0.05) is 18.2 Å². The lowest BCUT2D eigenvalue weighted by Gasteiger charge is -2.33. The number of anilines is 1. The van der Waals surface area contributed by atoms with E-state index in [4.69, 9.17) is 5.73 Å². The van der Waals surface area contributed by atoms with Gasteiger partial charge >= 0.3 is 0 Å². The van der Waals surface area contributed by atoms with Gasteiger partial charge in [0.15, 0.2) is 0 Å². The van der Waals surface area contributed by atoms with Gasteiger partial charge in [-0.15, -0.1) is 0 Å². The minimum absolute atomic E-state index is 0.208. The molecule has 4 rings (SSSR count). The van der Waals surface area contributed by atoms with Crippen LogP contribution in [0.3, 0.4) is 0 Å². The maximum atomic E-state index is 12.9. The Morgan fingerprint density at radius 2 is 1.79 bits per heavy atom. The number of hydrogen-bond donors (Lipinski definition) is 1. The second kappa shape index (κ2) is 5.60. The summed E-state index contributed by atoms with van der Waals surface area (Å²) in [5, 5.41) is 0. The van der Waals surface area contributed by atoms with E-state index in [0.717, 1.165) is 30.5 Å². The van der Waals surface area contributed by atoms with Crippen LogP contribution >= 0.6 is 0 Å². The van der Waals surface area contributed by atoms with E-state index in [0.29, 0.717) is 21.8 Å². The molecule has 24 heavy (non-hydrogen) atoms. The Bertz CT molecular complexity index is 864. The molecule has 3 unspecified atom stereocenters. The fourth-order valence-electron chi connectivity index (χ4n) is 4.22. The molecule has 4 nitrogen and oxygen atoms in total. The van der Waals surface area contributed by atoms with Crippen molar-refractivity contribution in [1.29, 1.82) is 0 Å². The highest BCUT2D eigenvalue weighted by Crippen LogP contribution is 2.47. The molecule has 1 aliphatic heterocycles. The summed E-state index contributed by atoms with van der Waals surface area (Å²) in [5.41, 5.74) is 8.45. The van der Waals surface area contributed by atoms with Crippen LogP contribution in [0, 0.1) is 0 Å². The molecule has 3 atom stereocenters. The fraction of sp³-hybridized carbons (Fsp3) is 0.368. The molecule has 0 amide bonds. The third-order valence-electron chi connectivity index (χ3n) is 5.49. The van der Waals surface area contributed by atoms with Crippen LogP contribution in [0.15, 0.2) is 58.3 Å². The van der Waals surface area contributed by atoms with Crippen LogP contribution in [0.5, 0.6) is 0 Å². The summed E-state index contributed by atoms with van der Waals surface area (Å²) in [6.07, 6.45) is 3.03. The summed E-state index contributed by atoms with van der Waals surface area (Å²) in [6.45, 7) is 0. The van der Waals surface area contributed by atoms with Crippen molar-refractivity contribution in [3.8, 4) is 0 Å². The van der Waals surface area contributed by atoms with Gasteiger partial charge in [-0.3, -0.25) is 0 Å². The zero-order valence-electron chi connectivity index (χ0n) is 13.7. The number of hydrogen-bond acceptors (Lipinski definition) is 4. The van der Waals surface area contributed by atoms with Gasteiger partial charge in [0.25, 0.3) is 0 Å². The van der Waals surface area contributed by atoms with E-state index in [-0.39, 0.29) is 6.04 Å². The molecule has 0 saturated heterocycles. The van der Waals surface area contributed by atoms with Crippen LogP contribution in [0.1, 0.15) is 30.7 Å². The molecular formula is C19H22N2O2S. The average molecular weight is 342 g/mol. The van der Waals surface area contributed by atoms with E-state index in [1.807, 2.05) is 18.2 Å². The Labute approximate surface area is 143 Å². The first-order valence-corrected chi connectivity index (χ1v) is 9.89. The second-order valence-electron chi connectivity index (χ2n) is 6.89. The van der Waals surface area contributed by atoms with Gasteiger partial charge in [0.05, 0.1) is 9.79 Å². The highest BCUT2D eigenvalue weighted by molar-refractivity contribution is 7.91. The number of benzene rings is 2. The van der Waals surface area contributed by atoms with Crippen molar-refractivity contribution >= 4 is 15.5 Å². The number of likely N-dealkylation sites (N-methyl/N-ethyl adjacent to an activating group) is 1. The summed E-state index contributed by atoms with van der Waals surface area (Å²) in [5.74, 6) is 0.333. The van der Waals surface area contributed by atoms with Crippen molar-refractivity contribution < 1.29 is 8.42 Å². The third-order valence-corrected chi connectivity index (χ3v) is 7.26. The quantitative estimate of drug-likeness (QED) is 0.911. The van der Waals surface area contributed by atoms with Crippen LogP contribution in [0.4, 0.5) is 5.69 Å². The second-order valence-corrected chi connectivity index (χ2v) is 8.84. The molecule has 0 bridgehead atoms. The van der Waals surface area contributed by atoms with Crippen LogP contribution in [0.25, 0.3) is 0 Å². The predicted molar refractivity (Wildman–Crippen MR) is 95.1 cm³/mol. The largest absolute Gasteiger partial charge is 0.371 e. The number of sulfone groups is 1. The molecule has 5 heteroatoms. The van der Waals surface area contributed by atoms with Gasteiger partial charge in [-0.05, 0) is 55.2 Å². The lowest BCUT2D eigenvalue weighted by atomic mass is 9.80. The molecule has 0 spiro atoms. The van der Waals surface area contributed by atoms with Crippen LogP contribution in [-0.2, 0) is 9.84 Å². The molecule has 1 fully saturated rings. The topological polar surface area (TPSA) is 63.4 Å². The number of fused-ring (bicyclic) bond motifs is 3. The minimum Gasteiger partial charge on any atom is -0.371 e. The van der Waals surface area contributed by atoms with Gasteiger partial charge in [0.2, 0.25) is 9.84 Å². The summed E-state index contributed by atoms with van der Waals surface area (Å²) in [7, 11) is -1.38. The summed E-state index contributed by atoms with van der Waals surface area (Å²) in [4.78, 5) is 3.01. The molecule has 2 aromatic carbocycles. The summed E-state index contributed by atoms with van der Waals surface area (Å²) < 4.78 is 25.8. The highest BCUT2D eigenvalue weighted by atomic mass is 32.2. The molecule has 0 radical (unpaired) electrons. The number of nitrogens with zero attached hydrogens (tertiary/aromatic N) is 1. The van der Waals surface area contributed by atoms with E-state index in [1.165, 1.54) is 0 Å². The van der Waals surface area contributed by atoms with Crippen LogP contribution in [-0.4, -0.2) is 27.5 Å². The molecule has 2 aromatic rings. The fourth-order valence-corrected chi connectivity index (χ4v) is 5.53. The first-order valence-electron chi connectivity index (χ1n) is 8.41. The Hall–Kier alpha value is -1.85. The molecular weight excluding hydrogens is 320 g/mol. The maximum Gasteiger partial charge on any atom is 0.206 e. The lowest BCUT2D eigenvalue weighted by molar-refractivity contribution is 0.356. The smallest absolute Gasteiger partial charge is 0.206 e. The minimum atomic E-state index is -3.48. The summed E-state index contributed by atoms with van der Waals surface area (Å²) in [6, 6.07) is 14.8. The highest BCUT2D eigenvalue weighted by Gasteiger charge is 2.40. The molecule has 2 N–H and O–H groups in total.